The lowest BCUT2D eigenvalue weighted by Crippen LogP contribution is -2.42. The topological polar surface area (TPSA) is 70.2 Å². The van der Waals surface area contributed by atoms with E-state index in [0.717, 1.165) is 17.7 Å². The van der Waals surface area contributed by atoms with Crippen LogP contribution in [0.4, 0.5) is 10.5 Å². The van der Waals surface area contributed by atoms with Crippen molar-refractivity contribution in [2.45, 2.75) is 20.3 Å². The molecule has 0 aliphatic carbocycles. The van der Waals surface area contributed by atoms with Crippen LogP contribution < -0.4 is 16.0 Å². The van der Waals surface area contributed by atoms with Crippen LogP contribution in [0.1, 0.15) is 18.9 Å². The summed E-state index contributed by atoms with van der Waals surface area (Å²) in [5.41, 5.74) is 1.97. The molecule has 0 bridgehead atoms. The van der Waals surface area contributed by atoms with Crippen molar-refractivity contribution in [2.24, 2.45) is 0 Å². The molecule has 0 aliphatic heterocycles. The Kier molecular flexibility index (Phi) is 5.70. The van der Waals surface area contributed by atoms with Crippen LogP contribution in [0, 0.1) is 6.92 Å². The summed E-state index contributed by atoms with van der Waals surface area (Å²) in [6.45, 7) is 4.55. The van der Waals surface area contributed by atoms with Crippen LogP contribution in [0.25, 0.3) is 0 Å². The average molecular weight is 249 g/mol. The molecule has 3 amide bonds. The van der Waals surface area contributed by atoms with E-state index in [1.807, 2.05) is 38.1 Å². The second-order valence-corrected chi connectivity index (χ2v) is 4.03. The number of amides is 3. The standard InChI is InChI=1S/C13H19N3O2/c1-3-7-14-13(18)16-12(17)9-15-11-6-4-5-10(2)8-11/h4-6,8,15H,3,7,9H2,1-2H3,(H2,14,16,17,18). The first-order chi connectivity index (χ1) is 8.61. The van der Waals surface area contributed by atoms with E-state index in [9.17, 15) is 9.59 Å². The Morgan fingerprint density at radius 3 is 2.72 bits per heavy atom. The minimum Gasteiger partial charge on any atom is -0.376 e. The summed E-state index contributed by atoms with van der Waals surface area (Å²) in [7, 11) is 0. The van der Waals surface area contributed by atoms with E-state index in [1.165, 1.54) is 0 Å². The van der Waals surface area contributed by atoms with Crippen molar-refractivity contribution in [1.82, 2.24) is 10.6 Å². The summed E-state index contributed by atoms with van der Waals surface area (Å²) >= 11 is 0. The maximum atomic E-state index is 11.4. The second kappa shape index (κ2) is 7.32. The highest BCUT2D eigenvalue weighted by molar-refractivity contribution is 5.96. The number of hydrogen-bond donors (Lipinski definition) is 3. The highest BCUT2D eigenvalue weighted by atomic mass is 16.2. The third kappa shape index (κ3) is 5.34. The van der Waals surface area contributed by atoms with Gasteiger partial charge in [0, 0.05) is 12.2 Å². The molecule has 0 saturated carbocycles. The van der Waals surface area contributed by atoms with Gasteiger partial charge in [-0.25, -0.2) is 4.79 Å². The molecule has 18 heavy (non-hydrogen) atoms. The number of anilines is 1. The molecule has 3 N–H and O–H groups in total. The summed E-state index contributed by atoms with van der Waals surface area (Å²) in [6.07, 6.45) is 0.836. The lowest BCUT2D eigenvalue weighted by molar-refractivity contribution is -0.118. The van der Waals surface area contributed by atoms with Crippen LogP contribution >= 0.6 is 0 Å². The molecule has 0 aliphatic rings. The van der Waals surface area contributed by atoms with Gasteiger partial charge in [0.2, 0.25) is 5.91 Å². The Hall–Kier alpha value is -2.04. The van der Waals surface area contributed by atoms with Crippen molar-refractivity contribution >= 4 is 17.6 Å². The quantitative estimate of drug-likeness (QED) is 0.743. The second-order valence-electron chi connectivity index (χ2n) is 4.03. The summed E-state index contributed by atoms with van der Waals surface area (Å²) in [6, 6.07) is 7.24. The Labute approximate surface area is 107 Å². The van der Waals surface area contributed by atoms with Gasteiger partial charge in [0.05, 0.1) is 6.54 Å². The van der Waals surface area contributed by atoms with Crippen LogP contribution in [-0.2, 0) is 4.79 Å². The van der Waals surface area contributed by atoms with Gasteiger partial charge in [0.25, 0.3) is 0 Å². The molecule has 1 aromatic rings. The number of hydrogen-bond acceptors (Lipinski definition) is 3. The summed E-state index contributed by atoms with van der Waals surface area (Å²) in [5.74, 6) is -0.356. The number of aryl methyl sites for hydroxylation is 1. The van der Waals surface area contributed by atoms with Crippen molar-refractivity contribution in [3.63, 3.8) is 0 Å². The molecule has 0 radical (unpaired) electrons. The number of benzene rings is 1. The van der Waals surface area contributed by atoms with Gasteiger partial charge in [-0.1, -0.05) is 19.1 Å². The average Bonchev–Trinajstić information content (AvgIpc) is 2.34. The molecule has 0 heterocycles. The van der Waals surface area contributed by atoms with Crippen LogP contribution in [-0.4, -0.2) is 25.0 Å². The number of carbonyl (C=O) groups excluding carboxylic acids is 2. The van der Waals surface area contributed by atoms with E-state index in [4.69, 9.17) is 0 Å². The smallest absolute Gasteiger partial charge is 0.321 e. The lowest BCUT2D eigenvalue weighted by Gasteiger charge is -2.08. The van der Waals surface area contributed by atoms with Crippen LogP contribution in [0.2, 0.25) is 0 Å². The van der Waals surface area contributed by atoms with Crippen molar-refractivity contribution < 1.29 is 9.59 Å². The van der Waals surface area contributed by atoms with Crippen LogP contribution in [0.15, 0.2) is 24.3 Å². The fraction of sp³-hybridized carbons (Fsp3) is 0.385. The van der Waals surface area contributed by atoms with Gasteiger partial charge in [0.15, 0.2) is 0 Å². The van der Waals surface area contributed by atoms with Crippen molar-refractivity contribution in [3.05, 3.63) is 29.8 Å². The third-order valence-electron chi connectivity index (χ3n) is 2.26. The molecule has 1 rings (SSSR count). The van der Waals surface area contributed by atoms with E-state index in [-0.39, 0.29) is 12.5 Å². The van der Waals surface area contributed by atoms with Gasteiger partial charge < -0.3 is 10.6 Å². The summed E-state index contributed by atoms with van der Waals surface area (Å²) in [4.78, 5) is 22.6. The maximum absolute atomic E-state index is 11.4. The molecule has 0 spiro atoms. The minimum atomic E-state index is -0.451. The normalized spacial score (nSPS) is 9.67. The molecule has 0 atom stereocenters. The first-order valence-electron chi connectivity index (χ1n) is 6.00. The molecule has 0 aromatic heterocycles. The molecule has 5 nitrogen and oxygen atoms in total. The predicted octanol–water partition coefficient (Wildman–Crippen LogP) is 1.64. The highest BCUT2D eigenvalue weighted by Gasteiger charge is 2.06. The number of carbonyl (C=O) groups is 2. The number of nitrogens with one attached hydrogen (secondary N) is 3. The summed E-state index contributed by atoms with van der Waals surface area (Å²) in [5, 5.41) is 7.77. The molecular weight excluding hydrogens is 230 g/mol. The zero-order valence-corrected chi connectivity index (χ0v) is 10.7. The van der Waals surface area contributed by atoms with E-state index in [2.05, 4.69) is 16.0 Å². The first kappa shape index (κ1) is 14.0. The number of imide groups is 1. The molecule has 1 aromatic carbocycles. The zero-order valence-electron chi connectivity index (χ0n) is 10.7. The number of rotatable bonds is 5. The molecule has 0 fully saturated rings. The Bertz CT molecular complexity index is 418. The Balaban J connectivity index is 2.31. The molecule has 98 valence electrons. The fourth-order valence-corrected chi connectivity index (χ4v) is 1.39. The predicted molar refractivity (Wildman–Crippen MR) is 71.5 cm³/mol. The Morgan fingerprint density at radius 1 is 1.28 bits per heavy atom. The van der Waals surface area contributed by atoms with Gasteiger partial charge in [-0.3, -0.25) is 10.1 Å². The lowest BCUT2D eigenvalue weighted by atomic mass is 10.2. The fourth-order valence-electron chi connectivity index (χ4n) is 1.39. The van der Waals surface area contributed by atoms with E-state index in [0.29, 0.717) is 6.54 Å². The van der Waals surface area contributed by atoms with Gasteiger partial charge in [-0.15, -0.1) is 0 Å². The molecule has 5 heteroatoms. The van der Waals surface area contributed by atoms with Gasteiger partial charge in [0.1, 0.15) is 0 Å². The van der Waals surface area contributed by atoms with Gasteiger partial charge in [-0.2, -0.15) is 0 Å². The van der Waals surface area contributed by atoms with E-state index < -0.39 is 6.03 Å². The molecule has 0 saturated heterocycles. The van der Waals surface area contributed by atoms with E-state index >= 15 is 0 Å². The van der Waals surface area contributed by atoms with Crippen molar-refractivity contribution in [2.75, 3.05) is 18.4 Å². The molecule has 0 unspecified atom stereocenters. The van der Waals surface area contributed by atoms with Crippen LogP contribution in [0.3, 0.4) is 0 Å². The monoisotopic (exact) mass is 249 g/mol. The zero-order chi connectivity index (χ0) is 13.4. The minimum absolute atomic E-state index is 0.0724. The first-order valence-corrected chi connectivity index (χ1v) is 6.00. The molecular formula is C13H19N3O2. The highest BCUT2D eigenvalue weighted by Crippen LogP contribution is 2.08. The SMILES string of the molecule is CCCNC(=O)NC(=O)CNc1cccc(C)c1. The van der Waals surface area contributed by atoms with Crippen molar-refractivity contribution in [3.8, 4) is 0 Å². The number of urea groups is 1. The van der Waals surface area contributed by atoms with Crippen molar-refractivity contribution in [1.29, 1.82) is 0 Å². The largest absolute Gasteiger partial charge is 0.376 e. The van der Waals surface area contributed by atoms with E-state index in [1.54, 1.807) is 0 Å². The van der Waals surface area contributed by atoms with Crippen LogP contribution in [0.5, 0.6) is 0 Å². The summed E-state index contributed by atoms with van der Waals surface area (Å²) < 4.78 is 0. The Morgan fingerprint density at radius 2 is 2.06 bits per heavy atom. The third-order valence-corrected chi connectivity index (χ3v) is 2.26. The van der Waals surface area contributed by atoms with Gasteiger partial charge in [-0.05, 0) is 31.0 Å². The maximum Gasteiger partial charge on any atom is 0.321 e. The van der Waals surface area contributed by atoms with Gasteiger partial charge >= 0.3 is 6.03 Å².